The highest BCUT2D eigenvalue weighted by atomic mass is 19.1. The van der Waals surface area contributed by atoms with Gasteiger partial charge in [-0.15, -0.1) is 0 Å². The fourth-order valence-corrected chi connectivity index (χ4v) is 3.05. The van der Waals surface area contributed by atoms with Crippen molar-refractivity contribution in [1.82, 2.24) is 9.78 Å². The van der Waals surface area contributed by atoms with Crippen LogP contribution in [-0.2, 0) is 4.74 Å². The van der Waals surface area contributed by atoms with Gasteiger partial charge in [-0.1, -0.05) is 0 Å². The lowest BCUT2D eigenvalue weighted by Crippen LogP contribution is -2.18. The summed E-state index contributed by atoms with van der Waals surface area (Å²) in [6, 6.07) is 11.2. The molecule has 8 heteroatoms. The van der Waals surface area contributed by atoms with Gasteiger partial charge in [0.2, 0.25) is 0 Å². The van der Waals surface area contributed by atoms with Gasteiger partial charge in [-0.05, 0) is 55.3 Å². The van der Waals surface area contributed by atoms with Gasteiger partial charge in [0.05, 0.1) is 17.5 Å². The minimum atomic E-state index is -0.515. The minimum absolute atomic E-state index is 0.00462. The molecule has 29 heavy (non-hydrogen) atoms. The van der Waals surface area contributed by atoms with Crippen LogP contribution in [0, 0.1) is 11.6 Å². The summed E-state index contributed by atoms with van der Waals surface area (Å²) in [7, 11) is 0. The second-order valence-corrected chi connectivity index (χ2v) is 6.66. The molecule has 1 unspecified atom stereocenters. The number of hydrogen-bond donors (Lipinski definition) is 1. The Labute approximate surface area is 166 Å². The van der Waals surface area contributed by atoms with Crippen molar-refractivity contribution in [2.45, 2.75) is 18.9 Å². The second kappa shape index (κ2) is 8.40. The van der Waals surface area contributed by atoms with Gasteiger partial charge in [0, 0.05) is 18.9 Å². The Bertz CT molecular complexity index is 999. The first-order chi connectivity index (χ1) is 14.1. The smallest absolute Gasteiger partial charge is 0.276 e. The van der Waals surface area contributed by atoms with E-state index >= 15 is 0 Å². The summed E-state index contributed by atoms with van der Waals surface area (Å²) in [6.07, 6.45) is 3.47. The normalized spacial score (nSPS) is 16.0. The first kappa shape index (κ1) is 19.1. The molecule has 0 radical (unpaired) electrons. The topological polar surface area (TPSA) is 65.4 Å². The Kier molecular flexibility index (Phi) is 5.53. The van der Waals surface area contributed by atoms with E-state index in [-0.39, 0.29) is 23.3 Å². The standard InChI is InChI=1S/C21H19F2N3O3/c22-14-3-6-16(7-4-14)26-10-9-18(25-26)21(27)24-19-12-15(23)5-8-20(19)29-13-17-2-1-11-28-17/h3-10,12,17H,1-2,11,13H2,(H,24,27). The predicted octanol–water partition coefficient (Wildman–Crippen LogP) is 3.96. The fraction of sp³-hybridized carbons (Fsp3) is 0.238. The number of hydrogen-bond acceptors (Lipinski definition) is 4. The summed E-state index contributed by atoms with van der Waals surface area (Å²) in [5.74, 6) is -1.02. The highest BCUT2D eigenvalue weighted by Crippen LogP contribution is 2.27. The highest BCUT2D eigenvalue weighted by molar-refractivity contribution is 6.03. The van der Waals surface area contributed by atoms with Gasteiger partial charge < -0.3 is 14.8 Å². The number of nitrogens with zero attached hydrogens (tertiary/aromatic N) is 2. The van der Waals surface area contributed by atoms with E-state index < -0.39 is 11.7 Å². The van der Waals surface area contributed by atoms with Crippen molar-refractivity contribution >= 4 is 11.6 Å². The van der Waals surface area contributed by atoms with E-state index in [2.05, 4.69) is 10.4 Å². The third-order valence-electron chi connectivity index (χ3n) is 4.55. The summed E-state index contributed by atoms with van der Waals surface area (Å²) in [4.78, 5) is 12.6. The Balaban J connectivity index is 1.47. The van der Waals surface area contributed by atoms with Crippen molar-refractivity contribution in [3.63, 3.8) is 0 Å². The number of ether oxygens (including phenoxy) is 2. The maximum absolute atomic E-state index is 13.7. The summed E-state index contributed by atoms with van der Waals surface area (Å²) in [6.45, 7) is 1.03. The van der Waals surface area contributed by atoms with Crippen molar-refractivity contribution in [3.05, 3.63) is 72.1 Å². The largest absolute Gasteiger partial charge is 0.489 e. The Hall–Kier alpha value is -3.26. The van der Waals surface area contributed by atoms with Gasteiger partial charge in [0.25, 0.3) is 5.91 Å². The zero-order valence-electron chi connectivity index (χ0n) is 15.5. The Morgan fingerprint density at radius 1 is 1.17 bits per heavy atom. The molecule has 2 heterocycles. The second-order valence-electron chi connectivity index (χ2n) is 6.66. The third-order valence-corrected chi connectivity index (χ3v) is 4.55. The van der Waals surface area contributed by atoms with E-state index in [4.69, 9.17) is 9.47 Å². The summed E-state index contributed by atoms with van der Waals surface area (Å²) in [5, 5.41) is 6.83. The van der Waals surface area contributed by atoms with Crippen molar-refractivity contribution in [2.24, 2.45) is 0 Å². The molecular formula is C21H19F2N3O3. The number of amides is 1. The zero-order chi connectivity index (χ0) is 20.2. The lowest BCUT2D eigenvalue weighted by atomic mass is 10.2. The lowest BCUT2D eigenvalue weighted by Gasteiger charge is -2.15. The number of benzene rings is 2. The predicted molar refractivity (Wildman–Crippen MR) is 102 cm³/mol. The molecule has 1 amide bonds. The monoisotopic (exact) mass is 399 g/mol. The fourth-order valence-electron chi connectivity index (χ4n) is 3.05. The van der Waals surface area contributed by atoms with Gasteiger partial charge in [0.1, 0.15) is 24.0 Å². The number of carbonyl (C=O) groups is 1. The van der Waals surface area contributed by atoms with E-state index in [1.807, 2.05) is 0 Å². The van der Waals surface area contributed by atoms with Crippen molar-refractivity contribution < 1.29 is 23.0 Å². The summed E-state index contributed by atoms with van der Waals surface area (Å²) in [5.41, 5.74) is 0.949. The summed E-state index contributed by atoms with van der Waals surface area (Å²) >= 11 is 0. The number of anilines is 1. The number of rotatable bonds is 6. The third kappa shape index (κ3) is 4.60. The molecular weight excluding hydrogens is 380 g/mol. The number of aromatic nitrogens is 2. The van der Waals surface area contributed by atoms with Gasteiger partial charge in [-0.25, -0.2) is 13.5 Å². The minimum Gasteiger partial charge on any atom is -0.489 e. The van der Waals surface area contributed by atoms with Crippen LogP contribution in [0.1, 0.15) is 23.3 Å². The molecule has 4 rings (SSSR count). The number of nitrogens with one attached hydrogen (secondary N) is 1. The van der Waals surface area contributed by atoms with Gasteiger partial charge in [0.15, 0.2) is 5.69 Å². The lowest BCUT2D eigenvalue weighted by molar-refractivity contribution is 0.0681. The SMILES string of the molecule is O=C(Nc1cc(F)ccc1OCC1CCCO1)c1ccn(-c2ccc(F)cc2)n1. The van der Waals surface area contributed by atoms with E-state index in [9.17, 15) is 13.6 Å². The van der Waals surface area contributed by atoms with Crippen molar-refractivity contribution in [1.29, 1.82) is 0 Å². The molecule has 1 fully saturated rings. The molecule has 0 saturated carbocycles. The average Bonchev–Trinajstić information content (AvgIpc) is 3.40. The van der Waals surface area contributed by atoms with Crippen molar-refractivity contribution in [3.8, 4) is 11.4 Å². The van der Waals surface area contributed by atoms with E-state index in [1.165, 1.54) is 41.1 Å². The molecule has 0 aliphatic carbocycles. The van der Waals surface area contributed by atoms with Gasteiger partial charge >= 0.3 is 0 Å². The molecule has 1 atom stereocenters. The molecule has 0 bridgehead atoms. The molecule has 1 N–H and O–H groups in total. The van der Waals surface area contributed by atoms with Crippen LogP contribution in [-0.4, -0.2) is 35.0 Å². The number of carbonyl (C=O) groups excluding carboxylic acids is 1. The Morgan fingerprint density at radius 3 is 2.72 bits per heavy atom. The molecule has 1 saturated heterocycles. The number of halogens is 2. The molecule has 6 nitrogen and oxygen atoms in total. The van der Waals surface area contributed by atoms with Crippen LogP contribution in [0.5, 0.6) is 5.75 Å². The van der Waals surface area contributed by atoms with Crippen LogP contribution in [0.2, 0.25) is 0 Å². The Morgan fingerprint density at radius 2 is 1.97 bits per heavy atom. The maximum Gasteiger partial charge on any atom is 0.276 e. The molecule has 1 aliphatic rings. The molecule has 2 aromatic carbocycles. The maximum atomic E-state index is 13.7. The van der Waals surface area contributed by atoms with Crippen LogP contribution in [0.15, 0.2) is 54.7 Å². The molecule has 0 spiro atoms. The van der Waals surface area contributed by atoms with E-state index in [0.717, 1.165) is 12.8 Å². The van der Waals surface area contributed by atoms with Crippen LogP contribution < -0.4 is 10.1 Å². The van der Waals surface area contributed by atoms with E-state index in [1.54, 1.807) is 18.3 Å². The first-order valence-corrected chi connectivity index (χ1v) is 9.25. The molecule has 1 aliphatic heterocycles. The molecule has 3 aromatic rings. The zero-order valence-corrected chi connectivity index (χ0v) is 15.5. The average molecular weight is 399 g/mol. The molecule has 1 aromatic heterocycles. The highest BCUT2D eigenvalue weighted by Gasteiger charge is 2.18. The molecule has 150 valence electrons. The van der Waals surface area contributed by atoms with Crippen molar-refractivity contribution in [2.75, 3.05) is 18.5 Å². The summed E-state index contributed by atoms with van der Waals surface area (Å²) < 4.78 is 39.5. The van der Waals surface area contributed by atoms with Crippen LogP contribution in [0.4, 0.5) is 14.5 Å². The van der Waals surface area contributed by atoms with E-state index in [0.29, 0.717) is 24.7 Å². The quantitative estimate of drug-likeness (QED) is 0.682. The van der Waals surface area contributed by atoms with Crippen LogP contribution in [0.3, 0.4) is 0 Å². The van der Waals surface area contributed by atoms with Gasteiger partial charge in [-0.2, -0.15) is 5.10 Å². The van der Waals surface area contributed by atoms with Gasteiger partial charge in [-0.3, -0.25) is 4.79 Å². The van der Waals surface area contributed by atoms with Crippen LogP contribution >= 0.6 is 0 Å². The van der Waals surface area contributed by atoms with Crippen LogP contribution in [0.25, 0.3) is 5.69 Å². The first-order valence-electron chi connectivity index (χ1n) is 9.25.